The van der Waals surface area contributed by atoms with Crippen molar-refractivity contribution in [3.8, 4) is 0 Å². The number of carboxylic acid groups (broad SMARTS) is 1. The molecule has 0 aliphatic rings. The number of rotatable bonds is 7. The molecule has 0 bridgehead atoms. The van der Waals surface area contributed by atoms with Crippen LogP contribution in [0, 0.1) is 5.92 Å². The minimum absolute atomic E-state index is 0.135. The van der Waals surface area contributed by atoms with Gasteiger partial charge in [0.05, 0.1) is 11.7 Å². The van der Waals surface area contributed by atoms with Gasteiger partial charge in [0.15, 0.2) is 0 Å². The highest BCUT2D eigenvalue weighted by Crippen LogP contribution is 2.24. The molecule has 0 aromatic heterocycles. The third-order valence-corrected chi connectivity index (χ3v) is 4.10. The third-order valence-electron chi connectivity index (χ3n) is 2.53. The van der Waals surface area contributed by atoms with Crippen molar-refractivity contribution in [2.75, 3.05) is 12.3 Å². The fourth-order valence-corrected chi connectivity index (χ4v) is 2.71. The quantitative estimate of drug-likeness (QED) is 0.803. The number of aliphatic carboxylic acids is 1. The lowest BCUT2D eigenvalue weighted by Crippen LogP contribution is -2.32. The first-order valence-electron chi connectivity index (χ1n) is 5.91. The van der Waals surface area contributed by atoms with E-state index >= 15 is 0 Å². The van der Waals surface area contributed by atoms with Crippen LogP contribution < -0.4 is 5.32 Å². The van der Waals surface area contributed by atoms with Gasteiger partial charge in [-0.3, -0.25) is 9.59 Å². The largest absolute Gasteiger partial charge is 0.481 e. The van der Waals surface area contributed by atoms with Crippen LogP contribution in [0.5, 0.6) is 0 Å². The van der Waals surface area contributed by atoms with E-state index in [2.05, 4.69) is 5.32 Å². The predicted molar refractivity (Wildman–Crippen MR) is 82.4 cm³/mol. The summed E-state index contributed by atoms with van der Waals surface area (Å²) in [5.74, 6) is -0.850. The summed E-state index contributed by atoms with van der Waals surface area (Å²) in [6.07, 6.45) is 0. The van der Waals surface area contributed by atoms with E-state index in [0.29, 0.717) is 15.8 Å². The van der Waals surface area contributed by atoms with Crippen LogP contribution in [0.4, 0.5) is 0 Å². The van der Waals surface area contributed by atoms with E-state index in [1.54, 1.807) is 19.1 Å². The molecular formula is C13H15Cl2NO3S. The molecule has 0 saturated heterocycles. The molecule has 4 nitrogen and oxygen atoms in total. The van der Waals surface area contributed by atoms with Crippen LogP contribution in [0.2, 0.25) is 10.0 Å². The average molecular weight is 336 g/mol. The van der Waals surface area contributed by atoms with E-state index in [4.69, 9.17) is 28.3 Å². The van der Waals surface area contributed by atoms with Gasteiger partial charge in [-0.25, -0.2) is 0 Å². The number of halogens is 2. The summed E-state index contributed by atoms with van der Waals surface area (Å²) in [5, 5.41) is 12.4. The fraction of sp³-hybridized carbons (Fsp3) is 0.385. The molecule has 1 unspecified atom stereocenters. The summed E-state index contributed by atoms with van der Waals surface area (Å²) < 4.78 is 0. The first-order chi connectivity index (χ1) is 9.40. The Morgan fingerprint density at radius 1 is 1.40 bits per heavy atom. The van der Waals surface area contributed by atoms with E-state index in [1.165, 1.54) is 11.8 Å². The number of carboxylic acids is 1. The van der Waals surface area contributed by atoms with Crippen molar-refractivity contribution in [3.05, 3.63) is 33.8 Å². The van der Waals surface area contributed by atoms with Gasteiger partial charge in [0.1, 0.15) is 0 Å². The van der Waals surface area contributed by atoms with Crippen molar-refractivity contribution < 1.29 is 14.7 Å². The molecule has 2 N–H and O–H groups in total. The van der Waals surface area contributed by atoms with Crippen molar-refractivity contribution in [2.45, 2.75) is 12.7 Å². The lowest BCUT2D eigenvalue weighted by Gasteiger charge is -2.08. The van der Waals surface area contributed by atoms with Crippen LogP contribution in [-0.2, 0) is 15.3 Å². The Kier molecular flexibility index (Phi) is 7.19. The minimum atomic E-state index is -0.925. The molecular weight excluding hydrogens is 321 g/mol. The van der Waals surface area contributed by atoms with Crippen molar-refractivity contribution in [1.29, 1.82) is 0 Å². The predicted octanol–water partition coefficient (Wildman–Crippen LogP) is 3.06. The Morgan fingerprint density at radius 3 is 2.70 bits per heavy atom. The maximum atomic E-state index is 11.5. The molecule has 0 aliphatic carbocycles. The number of hydrogen-bond donors (Lipinski definition) is 2. The van der Waals surface area contributed by atoms with Crippen LogP contribution in [0.3, 0.4) is 0 Å². The van der Waals surface area contributed by atoms with Crippen molar-refractivity contribution in [2.24, 2.45) is 5.92 Å². The van der Waals surface area contributed by atoms with Crippen LogP contribution in [0.1, 0.15) is 12.5 Å². The number of hydrogen-bond acceptors (Lipinski definition) is 3. The molecule has 1 aromatic carbocycles. The first kappa shape index (κ1) is 17.1. The third kappa shape index (κ3) is 6.03. The van der Waals surface area contributed by atoms with Gasteiger partial charge in [0.2, 0.25) is 5.91 Å². The molecule has 7 heteroatoms. The van der Waals surface area contributed by atoms with Gasteiger partial charge in [0.25, 0.3) is 0 Å². The zero-order valence-corrected chi connectivity index (χ0v) is 13.2. The molecule has 1 amide bonds. The second-order valence-corrected chi connectivity index (χ2v) is 6.10. The normalized spacial score (nSPS) is 11.9. The molecule has 0 fully saturated rings. The molecule has 1 atom stereocenters. The number of carbonyl (C=O) groups excluding carboxylic acids is 1. The summed E-state index contributed by atoms with van der Waals surface area (Å²) in [4.78, 5) is 22.1. The van der Waals surface area contributed by atoms with Crippen molar-refractivity contribution >= 4 is 46.8 Å². The van der Waals surface area contributed by atoms with Crippen molar-refractivity contribution in [1.82, 2.24) is 5.32 Å². The van der Waals surface area contributed by atoms with E-state index in [1.807, 2.05) is 6.07 Å². The summed E-state index contributed by atoms with van der Waals surface area (Å²) >= 11 is 13.2. The minimum Gasteiger partial charge on any atom is -0.481 e. The van der Waals surface area contributed by atoms with Crippen LogP contribution in [-0.4, -0.2) is 29.3 Å². The zero-order chi connectivity index (χ0) is 15.1. The highest BCUT2D eigenvalue weighted by molar-refractivity contribution is 7.99. The van der Waals surface area contributed by atoms with Gasteiger partial charge in [-0.05, 0) is 17.7 Å². The Morgan fingerprint density at radius 2 is 2.10 bits per heavy atom. The number of benzene rings is 1. The number of thioether (sulfide) groups is 1. The molecule has 110 valence electrons. The second-order valence-electron chi connectivity index (χ2n) is 4.27. The zero-order valence-electron chi connectivity index (χ0n) is 10.9. The molecule has 20 heavy (non-hydrogen) atoms. The standard InChI is InChI=1S/C13H15Cl2NO3S/c1-8(13(18)19)5-16-12(17)7-20-6-9-2-3-10(14)4-11(9)15/h2-4,8H,5-7H2,1H3,(H,16,17)(H,18,19). The first-order valence-corrected chi connectivity index (χ1v) is 7.82. The van der Waals surface area contributed by atoms with Gasteiger partial charge in [-0.15, -0.1) is 11.8 Å². The fourth-order valence-electron chi connectivity index (χ4n) is 1.30. The average Bonchev–Trinajstić information content (AvgIpc) is 2.38. The Labute approximate surface area is 131 Å². The van der Waals surface area contributed by atoms with Crippen LogP contribution in [0.25, 0.3) is 0 Å². The van der Waals surface area contributed by atoms with E-state index < -0.39 is 11.9 Å². The Bertz CT molecular complexity index is 497. The number of nitrogens with one attached hydrogen (secondary N) is 1. The monoisotopic (exact) mass is 335 g/mol. The highest BCUT2D eigenvalue weighted by Gasteiger charge is 2.12. The summed E-state index contributed by atoms with van der Waals surface area (Å²) in [6.45, 7) is 1.68. The molecule has 1 aromatic rings. The molecule has 0 saturated carbocycles. The van der Waals surface area contributed by atoms with E-state index in [0.717, 1.165) is 5.56 Å². The molecule has 0 radical (unpaired) electrons. The van der Waals surface area contributed by atoms with Crippen molar-refractivity contribution in [3.63, 3.8) is 0 Å². The summed E-state index contributed by atoms with van der Waals surface area (Å²) in [5.41, 5.74) is 0.910. The summed E-state index contributed by atoms with van der Waals surface area (Å²) in [6, 6.07) is 5.23. The lowest BCUT2D eigenvalue weighted by molar-refractivity contribution is -0.141. The van der Waals surface area contributed by atoms with Crippen LogP contribution in [0.15, 0.2) is 18.2 Å². The molecule has 0 heterocycles. The van der Waals surface area contributed by atoms with E-state index in [9.17, 15) is 9.59 Å². The molecule has 0 spiro atoms. The molecule has 0 aliphatic heterocycles. The lowest BCUT2D eigenvalue weighted by atomic mass is 10.2. The number of amides is 1. The van der Waals surface area contributed by atoms with Gasteiger partial charge >= 0.3 is 5.97 Å². The smallest absolute Gasteiger partial charge is 0.308 e. The van der Waals surface area contributed by atoms with Gasteiger partial charge in [-0.2, -0.15) is 0 Å². The van der Waals surface area contributed by atoms with Crippen LogP contribution >= 0.6 is 35.0 Å². The van der Waals surface area contributed by atoms with Gasteiger partial charge in [-0.1, -0.05) is 36.2 Å². The van der Waals surface area contributed by atoms with E-state index in [-0.39, 0.29) is 18.2 Å². The Hall–Kier alpha value is -0.910. The molecule has 1 rings (SSSR count). The Balaban J connectivity index is 2.30. The SMILES string of the molecule is CC(CNC(=O)CSCc1ccc(Cl)cc1Cl)C(=O)O. The summed E-state index contributed by atoms with van der Waals surface area (Å²) in [7, 11) is 0. The highest BCUT2D eigenvalue weighted by atomic mass is 35.5. The van der Waals surface area contributed by atoms with Gasteiger partial charge < -0.3 is 10.4 Å². The maximum absolute atomic E-state index is 11.5. The second kappa shape index (κ2) is 8.39. The number of carbonyl (C=O) groups is 2. The van der Waals surface area contributed by atoms with Gasteiger partial charge in [0, 0.05) is 22.3 Å². The topological polar surface area (TPSA) is 66.4 Å². The maximum Gasteiger partial charge on any atom is 0.308 e.